The van der Waals surface area contributed by atoms with Gasteiger partial charge in [0.25, 0.3) is 5.91 Å². The van der Waals surface area contributed by atoms with Crippen LogP contribution in [0, 0.1) is 0 Å². The van der Waals surface area contributed by atoms with Gasteiger partial charge in [0.2, 0.25) is 5.91 Å². The molecule has 1 fully saturated rings. The Morgan fingerprint density at radius 2 is 1.76 bits per heavy atom. The maximum atomic E-state index is 12.2. The minimum absolute atomic E-state index is 0.0828. The third-order valence-corrected chi connectivity index (χ3v) is 4.87. The number of likely N-dealkylation sites (tertiary alicyclic amines) is 1. The van der Waals surface area contributed by atoms with Gasteiger partial charge in [0.05, 0.1) is 0 Å². The van der Waals surface area contributed by atoms with Crippen LogP contribution in [0.5, 0.6) is 5.75 Å². The largest absolute Gasteiger partial charge is 0.484 e. The summed E-state index contributed by atoms with van der Waals surface area (Å²) in [4.78, 5) is 25.4. The fourth-order valence-electron chi connectivity index (χ4n) is 3.33. The molecule has 1 aliphatic rings. The van der Waals surface area contributed by atoms with Crippen LogP contribution in [0.1, 0.15) is 24.0 Å². The number of primary amides is 1. The normalized spacial score (nSPS) is 15.3. The van der Waals surface area contributed by atoms with E-state index < -0.39 is 5.91 Å². The summed E-state index contributed by atoms with van der Waals surface area (Å²) in [6, 6.07) is 17.8. The van der Waals surface area contributed by atoms with E-state index in [0.717, 1.165) is 38.0 Å². The third kappa shape index (κ3) is 7.08. The Balaban J connectivity index is 1.40. The maximum absolute atomic E-state index is 12.2. The second-order valence-electron chi connectivity index (χ2n) is 7.20. The number of hydrogen-bond donors (Lipinski definition) is 2. The van der Waals surface area contributed by atoms with E-state index in [9.17, 15) is 9.59 Å². The average Bonchev–Trinajstić information content (AvgIpc) is 2.74. The molecule has 0 unspecified atom stereocenters. The molecule has 0 atom stereocenters. The molecule has 29 heavy (non-hydrogen) atoms. The predicted molar refractivity (Wildman–Crippen MR) is 113 cm³/mol. The Bertz CT molecular complexity index is 826. The molecule has 2 aromatic rings. The zero-order chi connectivity index (χ0) is 20.5. The van der Waals surface area contributed by atoms with Crippen LogP contribution in [-0.2, 0) is 16.1 Å². The van der Waals surface area contributed by atoms with Crippen molar-refractivity contribution < 1.29 is 14.3 Å². The van der Waals surface area contributed by atoms with Crippen molar-refractivity contribution in [3.05, 3.63) is 71.8 Å². The van der Waals surface area contributed by atoms with Gasteiger partial charge in [-0.15, -0.1) is 0 Å². The van der Waals surface area contributed by atoms with E-state index in [1.54, 1.807) is 24.3 Å². The van der Waals surface area contributed by atoms with E-state index in [4.69, 9.17) is 10.5 Å². The number of ether oxygens (including phenoxy) is 1. The summed E-state index contributed by atoms with van der Waals surface area (Å²) in [5.74, 6) is -0.0372. The van der Waals surface area contributed by atoms with Crippen LogP contribution in [0.15, 0.2) is 60.7 Å². The fourth-order valence-corrected chi connectivity index (χ4v) is 3.33. The average molecular weight is 393 g/mol. The van der Waals surface area contributed by atoms with Crippen LogP contribution in [0.4, 0.5) is 0 Å². The topological polar surface area (TPSA) is 84.7 Å². The molecule has 3 N–H and O–H groups in total. The van der Waals surface area contributed by atoms with Crippen LogP contribution in [0.2, 0.25) is 0 Å². The molecule has 0 aliphatic carbocycles. The van der Waals surface area contributed by atoms with Crippen molar-refractivity contribution in [3.63, 3.8) is 0 Å². The van der Waals surface area contributed by atoms with Crippen molar-refractivity contribution in [2.75, 3.05) is 19.7 Å². The molecule has 0 bridgehead atoms. The monoisotopic (exact) mass is 393 g/mol. The quantitative estimate of drug-likeness (QED) is 0.674. The number of carbonyl (C=O) groups excluding carboxylic acids is 2. The fraction of sp³-hybridized carbons (Fsp3) is 0.304. The minimum Gasteiger partial charge on any atom is -0.484 e. The number of amides is 2. The first-order valence-electron chi connectivity index (χ1n) is 9.84. The summed E-state index contributed by atoms with van der Waals surface area (Å²) < 4.78 is 5.21. The zero-order valence-corrected chi connectivity index (χ0v) is 16.4. The maximum Gasteiger partial charge on any atom is 0.255 e. The lowest BCUT2D eigenvalue weighted by Crippen LogP contribution is -2.43. The first-order chi connectivity index (χ1) is 14.1. The number of piperidine rings is 1. The van der Waals surface area contributed by atoms with Gasteiger partial charge in [-0.25, -0.2) is 0 Å². The standard InChI is InChI=1S/C23H27N3O3/c24-22(27)17-29-21-9-6-18(7-10-21)8-11-23(28)25-20-12-14-26(15-13-20)16-19-4-2-1-3-5-19/h1-11,20H,12-17H2,(H2,24,27)(H,25,28)/b11-8+. The molecule has 6 nitrogen and oxygen atoms in total. The molecule has 2 aromatic carbocycles. The lowest BCUT2D eigenvalue weighted by molar-refractivity contribution is -0.120. The van der Waals surface area contributed by atoms with Gasteiger partial charge in [-0.05, 0) is 42.2 Å². The first kappa shape index (κ1) is 20.6. The molecule has 0 radical (unpaired) electrons. The second kappa shape index (κ2) is 10.4. The van der Waals surface area contributed by atoms with Crippen LogP contribution in [0.3, 0.4) is 0 Å². The molecular formula is C23H27N3O3. The Kier molecular flexibility index (Phi) is 7.41. The van der Waals surface area contributed by atoms with E-state index in [0.29, 0.717) is 5.75 Å². The lowest BCUT2D eigenvalue weighted by atomic mass is 10.0. The van der Waals surface area contributed by atoms with Crippen LogP contribution in [0.25, 0.3) is 6.08 Å². The summed E-state index contributed by atoms with van der Waals surface area (Å²) in [7, 11) is 0. The Labute approximate surface area is 171 Å². The minimum atomic E-state index is -0.517. The molecule has 1 aliphatic heterocycles. The number of nitrogens with zero attached hydrogens (tertiary/aromatic N) is 1. The van der Waals surface area contributed by atoms with E-state index >= 15 is 0 Å². The highest BCUT2D eigenvalue weighted by Gasteiger charge is 2.19. The van der Waals surface area contributed by atoms with E-state index in [-0.39, 0.29) is 18.6 Å². The molecule has 2 amide bonds. The Hall–Kier alpha value is -3.12. The number of nitrogens with one attached hydrogen (secondary N) is 1. The van der Waals surface area contributed by atoms with Crippen molar-refractivity contribution in [2.24, 2.45) is 5.73 Å². The lowest BCUT2D eigenvalue weighted by Gasteiger charge is -2.32. The summed E-state index contributed by atoms with van der Waals surface area (Å²) in [6.07, 6.45) is 5.23. The number of rotatable bonds is 8. The van der Waals surface area contributed by atoms with Crippen molar-refractivity contribution in [3.8, 4) is 5.75 Å². The summed E-state index contributed by atoms with van der Waals surface area (Å²) in [5.41, 5.74) is 7.25. The van der Waals surface area contributed by atoms with Gasteiger partial charge < -0.3 is 15.8 Å². The molecule has 1 heterocycles. The molecule has 152 valence electrons. The van der Waals surface area contributed by atoms with Crippen LogP contribution >= 0.6 is 0 Å². The van der Waals surface area contributed by atoms with Gasteiger partial charge in [0, 0.05) is 31.8 Å². The van der Waals surface area contributed by atoms with Gasteiger partial charge in [0.1, 0.15) is 5.75 Å². The molecule has 6 heteroatoms. The highest BCUT2D eigenvalue weighted by atomic mass is 16.5. The highest BCUT2D eigenvalue weighted by molar-refractivity contribution is 5.91. The van der Waals surface area contributed by atoms with Gasteiger partial charge in [-0.3, -0.25) is 14.5 Å². The molecular weight excluding hydrogens is 366 g/mol. The molecule has 0 aromatic heterocycles. The summed E-state index contributed by atoms with van der Waals surface area (Å²) in [5, 5.41) is 3.09. The third-order valence-electron chi connectivity index (χ3n) is 4.87. The smallest absolute Gasteiger partial charge is 0.255 e. The molecule has 0 saturated carbocycles. The number of benzene rings is 2. The van der Waals surface area contributed by atoms with Crippen molar-refractivity contribution >= 4 is 17.9 Å². The van der Waals surface area contributed by atoms with Gasteiger partial charge in [-0.1, -0.05) is 42.5 Å². The second-order valence-corrected chi connectivity index (χ2v) is 7.20. The first-order valence-corrected chi connectivity index (χ1v) is 9.84. The van der Waals surface area contributed by atoms with E-state index in [1.165, 1.54) is 5.56 Å². The van der Waals surface area contributed by atoms with Gasteiger partial charge in [-0.2, -0.15) is 0 Å². The predicted octanol–water partition coefficient (Wildman–Crippen LogP) is 2.34. The summed E-state index contributed by atoms with van der Waals surface area (Å²) in [6.45, 7) is 2.77. The zero-order valence-electron chi connectivity index (χ0n) is 16.4. The highest BCUT2D eigenvalue weighted by Crippen LogP contribution is 2.15. The Morgan fingerprint density at radius 1 is 1.07 bits per heavy atom. The van der Waals surface area contributed by atoms with Crippen LogP contribution < -0.4 is 15.8 Å². The summed E-state index contributed by atoms with van der Waals surface area (Å²) >= 11 is 0. The number of hydrogen-bond acceptors (Lipinski definition) is 4. The van der Waals surface area contributed by atoms with Crippen molar-refractivity contribution in [1.82, 2.24) is 10.2 Å². The SMILES string of the molecule is NC(=O)COc1ccc(/C=C/C(=O)NC2CCN(Cc3ccccc3)CC2)cc1. The number of carbonyl (C=O) groups is 2. The van der Waals surface area contributed by atoms with Crippen molar-refractivity contribution in [1.29, 1.82) is 0 Å². The van der Waals surface area contributed by atoms with Gasteiger partial charge in [0.15, 0.2) is 6.61 Å². The Morgan fingerprint density at radius 3 is 2.41 bits per heavy atom. The van der Waals surface area contributed by atoms with Gasteiger partial charge >= 0.3 is 0 Å². The molecule has 3 rings (SSSR count). The van der Waals surface area contributed by atoms with E-state index in [1.807, 2.05) is 18.2 Å². The van der Waals surface area contributed by atoms with E-state index in [2.05, 4.69) is 34.5 Å². The number of nitrogens with two attached hydrogens (primary N) is 1. The molecule has 0 spiro atoms. The van der Waals surface area contributed by atoms with Crippen molar-refractivity contribution in [2.45, 2.75) is 25.4 Å². The van der Waals surface area contributed by atoms with Crippen LogP contribution in [-0.4, -0.2) is 42.5 Å². The molecule has 1 saturated heterocycles.